The van der Waals surface area contributed by atoms with Crippen molar-refractivity contribution in [1.29, 1.82) is 0 Å². The van der Waals surface area contributed by atoms with Crippen LogP contribution in [0.2, 0.25) is 0 Å². The third-order valence-corrected chi connectivity index (χ3v) is 9.60. The summed E-state index contributed by atoms with van der Waals surface area (Å²) in [6.45, 7) is -0.153. The van der Waals surface area contributed by atoms with Crippen molar-refractivity contribution in [2.45, 2.75) is 57.1 Å². The molecule has 0 aromatic heterocycles. The SMILES string of the molecule is C[C@H](N(Cc1ccc(F)cc1)C(=O)CN1C(=O)O[C@@]2(CCc3cc(NCCC(=O)NCc4ccc(C(=O)c5ccccc5)cc4)ccc32)C1=O)C(F)(F)F. The quantitative estimate of drug-likeness (QED) is 0.122. The molecule has 1 saturated heterocycles. The molecule has 14 heteroatoms. The monoisotopic (exact) mass is 744 g/mol. The van der Waals surface area contributed by atoms with Crippen LogP contribution in [0.4, 0.5) is 28.0 Å². The van der Waals surface area contributed by atoms with Gasteiger partial charge in [0.15, 0.2) is 5.78 Å². The topological polar surface area (TPSA) is 125 Å². The third-order valence-electron chi connectivity index (χ3n) is 9.60. The van der Waals surface area contributed by atoms with Crippen LogP contribution in [0.5, 0.6) is 0 Å². The Morgan fingerprint density at radius 2 is 1.57 bits per heavy atom. The smallest absolute Gasteiger partial charge is 0.418 e. The molecule has 2 N–H and O–H groups in total. The molecule has 0 bridgehead atoms. The van der Waals surface area contributed by atoms with Crippen molar-refractivity contribution in [3.05, 3.63) is 136 Å². The van der Waals surface area contributed by atoms with E-state index < -0.39 is 54.6 Å². The van der Waals surface area contributed by atoms with Gasteiger partial charge in [0.25, 0.3) is 5.91 Å². The van der Waals surface area contributed by atoms with Gasteiger partial charge in [-0.15, -0.1) is 0 Å². The van der Waals surface area contributed by atoms with E-state index in [1.165, 1.54) is 12.1 Å². The lowest BCUT2D eigenvalue weighted by molar-refractivity contribution is -0.187. The summed E-state index contributed by atoms with van der Waals surface area (Å²) in [7, 11) is 0. The first kappa shape index (κ1) is 37.7. The average molecular weight is 745 g/mol. The second-order valence-corrected chi connectivity index (χ2v) is 13.2. The van der Waals surface area contributed by atoms with Crippen molar-refractivity contribution in [3.8, 4) is 0 Å². The number of hydrogen-bond donors (Lipinski definition) is 2. The van der Waals surface area contributed by atoms with Gasteiger partial charge in [0.1, 0.15) is 18.4 Å². The highest BCUT2D eigenvalue weighted by atomic mass is 19.4. The van der Waals surface area contributed by atoms with E-state index in [4.69, 9.17) is 4.74 Å². The van der Waals surface area contributed by atoms with Gasteiger partial charge in [0, 0.05) is 54.9 Å². The van der Waals surface area contributed by atoms with Gasteiger partial charge in [0.2, 0.25) is 17.4 Å². The first-order valence-corrected chi connectivity index (χ1v) is 17.2. The van der Waals surface area contributed by atoms with Crippen molar-refractivity contribution in [2.75, 3.05) is 18.4 Å². The van der Waals surface area contributed by atoms with Crippen LogP contribution in [0.15, 0.2) is 97.1 Å². The van der Waals surface area contributed by atoms with Crippen LogP contribution in [-0.4, -0.2) is 64.7 Å². The van der Waals surface area contributed by atoms with Crippen molar-refractivity contribution in [3.63, 3.8) is 0 Å². The Labute approximate surface area is 308 Å². The number of nitrogens with zero attached hydrogens (tertiary/aromatic N) is 2. The third kappa shape index (κ3) is 8.12. The number of amides is 4. The fourth-order valence-electron chi connectivity index (χ4n) is 6.53. The highest BCUT2D eigenvalue weighted by molar-refractivity contribution is 6.09. The van der Waals surface area contributed by atoms with Gasteiger partial charge in [-0.05, 0) is 54.3 Å². The minimum absolute atomic E-state index is 0.0725. The molecule has 1 fully saturated rings. The molecule has 4 amide bonds. The predicted octanol–water partition coefficient (Wildman–Crippen LogP) is 6.28. The number of carbonyl (C=O) groups is 5. The second kappa shape index (κ2) is 15.5. The van der Waals surface area contributed by atoms with E-state index in [1.807, 2.05) is 6.07 Å². The summed E-state index contributed by atoms with van der Waals surface area (Å²) in [5, 5.41) is 6.02. The van der Waals surface area contributed by atoms with Gasteiger partial charge in [-0.25, -0.2) is 14.1 Å². The predicted molar refractivity (Wildman–Crippen MR) is 188 cm³/mol. The van der Waals surface area contributed by atoms with Gasteiger partial charge >= 0.3 is 12.3 Å². The minimum Gasteiger partial charge on any atom is -0.427 e. The van der Waals surface area contributed by atoms with E-state index in [0.717, 1.165) is 24.6 Å². The van der Waals surface area contributed by atoms with Crippen LogP contribution in [0.3, 0.4) is 0 Å². The van der Waals surface area contributed by atoms with Crippen LogP contribution >= 0.6 is 0 Å². The number of rotatable bonds is 13. The molecule has 0 radical (unpaired) electrons. The molecule has 4 aromatic rings. The largest absolute Gasteiger partial charge is 0.427 e. The molecule has 10 nitrogen and oxygen atoms in total. The maximum atomic E-state index is 13.8. The molecule has 6 rings (SSSR count). The van der Waals surface area contributed by atoms with Crippen LogP contribution in [0.25, 0.3) is 0 Å². The minimum atomic E-state index is -4.81. The lowest BCUT2D eigenvalue weighted by Gasteiger charge is -2.31. The number of benzene rings is 4. The molecule has 1 heterocycles. The summed E-state index contributed by atoms with van der Waals surface area (Å²) in [6, 6.07) is 23.3. The standard InChI is InChI=1S/C40H36F4N4O6/c1-25(40(42,43)44)47(23-27-9-13-31(41)14-10-27)35(50)24-48-37(52)39(54-38(48)53)19-17-30-21-32(15-16-33(30)39)45-20-18-34(49)46-22-26-7-11-29(12-8-26)36(51)28-5-3-2-4-6-28/h2-16,21,25,45H,17-20,22-24H2,1H3,(H,46,49)/t25-,39+/m0/s1. The Bertz CT molecular complexity index is 2060. The summed E-state index contributed by atoms with van der Waals surface area (Å²) < 4.78 is 60.3. The van der Waals surface area contributed by atoms with Crippen LogP contribution in [-0.2, 0) is 44.2 Å². The van der Waals surface area contributed by atoms with Crippen molar-refractivity contribution >= 4 is 35.3 Å². The van der Waals surface area contributed by atoms with Gasteiger partial charge in [-0.3, -0.25) is 19.2 Å². The number of carbonyl (C=O) groups excluding carboxylic acids is 5. The Hall–Kier alpha value is -6.05. The van der Waals surface area contributed by atoms with Crippen LogP contribution in [0, 0.1) is 5.82 Å². The van der Waals surface area contributed by atoms with E-state index >= 15 is 0 Å². The lowest BCUT2D eigenvalue weighted by atomic mass is 9.94. The zero-order valence-electron chi connectivity index (χ0n) is 29.1. The molecule has 1 aliphatic heterocycles. The van der Waals surface area contributed by atoms with E-state index in [2.05, 4.69) is 10.6 Å². The number of fused-ring (bicyclic) bond motifs is 2. The van der Waals surface area contributed by atoms with E-state index in [-0.39, 0.29) is 43.2 Å². The molecule has 2 atom stereocenters. The zero-order valence-corrected chi connectivity index (χ0v) is 29.1. The van der Waals surface area contributed by atoms with Gasteiger partial charge in [0.05, 0.1) is 0 Å². The van der Waals surface area contributed by atoms with Gasteiger partial charge in [-0.2, -0.15) is 13.2 Å². The fraction of sp³-hybridized carbons (Fsp3) is 0.275. The van der Waals surface area contributed by atoms with Crippen molar-refractivity contribution in [1.82, 2.24) is 15.1 Å². The second-order valence-electron chi connectivity index (χ2n) is 13.2. The zero-order chi connectivity index (χ0) is 38.6. The molecule has 1 spiro atoms. The Morgan fingerprint density at radius 1 is 0.907 bits per heavy atom. The van der Waals surface area contributed by atoms with Crippen LogP contribution in [0.1, 0.15) is 57.9 Å². The number of imide groups is 1. The van der Waals surface area contributed by atoms with Crippen LogP contribution < -0.4 is 10.6 Å². The number of hydrogen-bond acceptors (Lipinski definition) is 7. The number of alkyl halides is 3. The summed E-state index contributed by atoms with van der Waals surface area (Å²) in [5.74, 6) is -2.88. The molecular weight excluding hydrogens is 708 g/mol. The first-order valence-electron chi connectivity index (χ1n) is 17.2. The van der Waals surface area contributed by atoms with E-state index in [9.17, 15) is 41.5 Å². The van der Waals surface area contributed by atoms with Gasteiger partial charge in [-0.1, -0.05) is 72.8 Å². The summed E-state index contributed by atoms with van der Waals surface area (Å²) >= 11 is 0. The summed E-state index contributed by atoms with van der Waals surface area (Å²) in [6.07, 6.45) is -5.40. The molecule has 0 unspecified atom stereocenters. The number of nitrogens with one attached hydrogen (secondary N) is 2. The number of halogens is 4. The van der Waals surface area contributed by atoms with Gasteiger partial charge < -0.3 is 20.3 Å². The maximum absolute atomic E-state index is 13.8. The molecule has 4 aromatic carbocycles. The Balaban J connectivity index is 1.02. The molecule has 2 aliphatic rings. The number of aryl methyl sites for hydroxylation is 1. The Morgan fingerprint density at radius 3 is 2.26 bits per heavy atom. The highest BCUT2D eigenvalue weighted by Gasteiger charge is 2.58. The van der Waals surface area contributed by atoms with E-state index in [0.29, 0.717) is 44.2 Å². The maximum Gasteiger partial charge on any atom is 0.418 e. The molecule has 280 valence electrons. The molecule has 54 heavy (non-hydrogen) atoms. The molecular formula is C40H36F4N4O6. The average Bonchev–Trinajstić information content (AvgIpc) is 3.64. The first-order chi connectivity index (χ1) is 25.7. The molecule has 1 aliphatic carbocycles. The Kier molecular flexibility index (Phi) is 10.8. The summed E-state index contributed by atoms with van der Waals surface area (Å²) in [5.41, 5.74) is 2.21. The van der Waals surface area contributed by atoms with Crippen molar-refractivity contribution < 1.29 is 46.3 Å². The molecule has 0 saturated carbocycles. The normalized spacial score (nSPS) is 16.9. The number of ketones is 1. The fourth-order valence-corrected chi connectivity index (χ4v) is 6.53. The highest BCUT2D eigenvalue weighted by Crippen LogP contribution is 2.46. The van der Waals surface area contributed by atoms with E-state index in [1.54, 1.807) is 66.7 Å². The number of anilines is 1. The summed E-state index contributed by atoms with van der Waals surface area (Å²) in [4.78, 5) is 66.1. The van der Waals surface area contributed by atoms with Crippen molar-refractivity contribution in [2.24, 2.45) is 0 Å². The lowest BCUT2D eigenvalue weighted by Crippen LogP contribution is -2.51. The number of ether oxygens (including phenoxy) is 1.